The fourth-order valence-corrected chi connectivity index (χ4v) is 4.22. The number of H-pyrrole nitrogens is 1. The quantitative estimate of drug-likeness (QED) is 0.346. The SMILES string of the molecule is CC(C)N(C)C(C)C(=O)N[C@@H](Cc1cccc2ccccc12)C(=O)NCc1cnc2[nH]ccc2c1. The van der Waals surface area contributed by atoms with Gasteiger partial charge in [0.05, 0.1) is 6.04 Å². The molecule has 1 unspecified atom stereocenters. The van der Waals surface area contributed by atoms with Crippen molar-refractivity contribution in [2.75, 3.05) is 7.05 Å². The number of aromatic nitrogens is 2. The predicted octanol–water partition coefficient (Wildman–Crippen LogP) is 3.79. The number of pyridine rings is 1. The Morgan fingerprint density at radius 1 is 1.00 bits per heavy atom. The summed E-state index contributed by atoms with van der Waals surface area (Å²) in [7, 11) is 1.92. The maximum atomic E-state index is 13.4. The first-order valence-corrected chi connectivity index (χ1v) is 12.0. The zero-order chi connectivity index (χ0) is 24.9. The highest BCUT2D eigenvalue weighted by Crippen LogP contribution is 2.20. The van der Waals surface area contributed by atoms with E-state index in [4.69, 9.17) is 0 Å². The van der Waals surface area contributed by atoms with Gasteiger partial charge in [0.15, 0.2) is 0 Å². The van der Waals surface area contributed by atoms with E-state index in [2.05, 4.69) is 32.7 Å². The third-order valence-corrected chi connectivity index (χ3v) is 6.67. The molecule has 0 aliphatic rings. The molecule has 4 rings (SSSR count). The van der Waals surface area contributed by atoms with Crippen molar-refractivity contribution in [1.29, 1.82) is 0 Å². The van der Waals surface area contributed by atoms with Gasteiger partial charge in [0.2, 0.25) is 11.8 Å². The van der Waals surface area contributed by atoms with Crippen molar-refractivity contribution in [1.82, 2.24) is 25.5 Å². The van der Waals surface area contributed by atoms with Gasteiger partial charge in [-0.3, -0.25) is 14.5 Å². The van der Waals surface area contributed by atoms with Crippen LogP contribution in [0.4, 0.5) is 0 Å². The molecule has 2 aromatic heterocycles. The molecule has 0 spiro atoms. The van der Waals surface area contributed by atoms with Crippen molar-refractivity contribution >= 4 is 33.6 Å². The number of benzene rings is 2. The highest BCUT2D eigenvalue weighted by Gasteiger charge is 2.27. The van der Waals surface area contributed by atoms with Crippen LogP contribution in [0.3, 0.4) is 0 Å². The molecule has 7 nitrogen and oxygen atoms in total. The van der Waals surface area contributed by atoms with E-state index in [-0.39, 0.29) is 23.9 Å². The molecular weight excluding hydrogens is 438 g/mol. The zero-order valence-corrected chi connectivity index (χ0v) is 20.7. The monoisotopic (exact) mass is 471 g/mol. The maximum Gasteiger partial charge on any atom is 0.243 e. The highest BCUT2D eigenvalue weighted by molar-refractivity contribution is 5.91. The average Bonchev–Trinajstić information content (AvgIpc) is 3.34. The first-order valence-electron chi connectivity index (χ1n) is 12.0. The number of carbonyl (C=O) groups is 2. The first kappa shape index (κ1) is 24.4. The van der Waals surface area contributed by atoms with Crippen LogP contribution < -0.4 is 10.6 Å². The Morgan fingerprint density at radius 2 is 1.77 bits per heavy atom. The lowest BCUT2D eigenvalue weighted by molar-refractivity contribution is -0.131. The second-order valence-electron chi connectivity index (χ2n) is 9.32. The molecule has 2 atom stereocenters. The second-order valence-corrected chi connectivity index (χ2v) is 9.32. The molecule has 182 valence electrons. The van der Waals surface area contributed by atoms with Gasteiger partial charge in [-0.05, 0) is 61.9 Å². The Labute approximate surface area is 205 Å². The van der Waals surface area contributed by atoms with E-state index in [9.17, 15) is 9.59 Å². The summed E-state index contributed by atoms with van der Waals surface area (Å²) in [6, 6.07) is 17.2. The first-order chi connectivity index (χ1) is 16.8. The van der Waals surface area contributed by atoms with Crippen LogP contribution >= 0.6 is 0 Å². The van der Waals surface area contributed by atoms with Crippen LogP contribution in [0.15, 0.2) is 67.0 Å². The fraction of sp³-hybridized carbons (Fsp3) is 0.321. The normalized spacial score (nSPS) is 13.3. The highest BCUT2D eigenvalue weighted by atomic mass is 16.2. The van der Waals surface area contributed by atoms with Crippen LogP contribution in [0.2, 0.25) is 0 Å². The van der Waals surface area contributed by atoms with Crippen molar-refractivity contribution in [3.63, 3.8) is 0 Å². The Kier molecular flexibility index (Phi) is 7.46. The second kappa shape index (κ2) is 10.7. The van der Waals surface area contributed by atoms with Crippen LogP contribution in [0, 0.1) is 0 Å². The summed E-state index contributed by atoms with van der Waals surface area (Å²) in [4.78, 5) is 35.9. The molecule has 0 saturated heterocycles. The molecule has 7 heteroatoms. The lowest BCUT2D eigenvalue weighted by Gasteiger charge is -2.29. The fourth-order valence-electron chi connectivity index (χ4n) is 4.22. The molecule has 0 fully saturated rings. The third kappa shape index (κ3) is 5.69. The van der Waals surface area contributed by atoms with Crippen LogP contribution in [0.5, 0.6) is 0 Å². The Bertz CT molecular complexity index is 1320. The van der Waals surface area contributed by atoms with E-state index in [1.54, 1.807) is 6.20 Å². The topological polar surface area (TPSA) is 90.1 Å². The molecule has 35 heavy (non-hydrogen) atoms. The molecular formula is C28H33N5O2. The minimum Gasteiger partial charge on any atom is -0.350 e. The summed E-state index contributed by atoms with van der Waals surface area (Å²) >= 11 is 0. The minimum atomic E-state index is -0.708. The van der Waals surface area contributed by atoms with Gasteiger partial charge >= 0.3 is 0 Å². The molecule has 0 bridgehead atoms. The number of carbonyl (C=O) groups excluding carboxylic acids is 2. The van der Waals surface area contributed by atoms with E-state index >= 15 is 0 Å². The van der Waals surface area contributed by atoms with Crippen molar-refractivity contribution in [3.8, 4) is 0 Å². The molecule has 2 aromatic carbocycles. The summed E-state index contributed by atoms with van der Waals surface area (Å²) in [5, 5.41) is 9.19. The van der Waals surface area contributed by atoms with Crippen LogP contribution in [-0.4, -0.2) is 51.9 Å². The van der Waals surface area contributed by atoms with Crippen molar-refractivity contribution in [2.24, 2.45) is 0 Å². The number of nitrogens with zero attached hydrogens (tertiary/aromatic N) is 2. The molecule has 0 radical (unpaired) electrons. The lowest BCUT2D eigenvalue weighted by atomic mass is 9.98. The smallest absolute Gasteiger partial charge is 0.243 e. The van der Waals surface area contributed by atoms with Gasteiger partial charge in [-0.1, -0.05) is 42.5 Å². The lowest BCUT2D eigenvalue weighted by Crippen LogP contribution is -2.53. The van der Waals surface area contributed by atoms with Crippen molar-refractivity contribution in [3.05, 3.63) is 78.1 Å². The van der Waals surface area contributed by atoms with Crippen LogP contribution in [0.25, 0.3) is 21.8 Å². The molecule has 2 heterocycles. The van der Waals surface area contributed by atoms with Gasteiger partial charge in [0.25, 0.3) is 0 Å². The summed E-state index contributed by atoms with van der Waals surface area (Å²) in [5.74, 6) is -0.392. The summed E-state index contributed by atoms with van der Waals surface area (Å²) in [5.41, 5.74) is 2.72. The van der Waals surface area contributed by atoms with Gasteiger partial charge in [-0.15, -0.1) is 0 Å². The number of rotatable bonds is 9. The van der Waals surface area contributed by atoms with Gasteiger partial charge in [0, 0.05) is 36.8 Å². The number of hydrogen-bond donors (Lipinski definition) is 3. The number of likely N-dealkylation sites (N-methyl/N-ethyl adjacent to an activating group) is 1. The largest absolute Gasteiger partial charge is 0.350 e. The van der Waals surface area contributed by atoms with E-state index < -0.39 is 6.04 Å². The molecule has 0 aliphatic heterocycles. The molecule has 3 N–H and O–H groups in total. The van der Waals surface area contributed by atoms with Gasteiger partial charge in [-0.2, -0.15) is 0 Å². The van der Waals surface area contributed by atoms with Crippen molar-refractivity contribution < 1.29 is 9.59 Å². The maximum absolute atomic E-state index is 13.4. The summed E-state index contributed by atoms with van der Waals surface area (Å²) in [6.45, 7) is 6.27. The predicted molar refractivity (Wildman–Crippen MR) is 140 cm³/mol. The Balaban J connectivity index is 1.54. The van der Waals surface area contributed by atoms with Crippen LogP contribution in [-0.2, 0) is 22.6 Å². The Hall–Kier alpha value is -3.71. The van der Waals surface area contributed by atoms with E-state index in [0.717, 1.165) is 32.9 Å². The van der Waals surface area contributed by atoms with Crippen molar-refractivity contribution in [2.45, 2.75) is 51.9 Å². The molecule has 4 aromatic rings. The Morgan fingerprint density at radius 3 is 2.57 bits per heavy atom. The van der Waals surface area contributed by atoms with Gasteiger partial charge < -0.3 is 15.6 Å². The standard InChI is InChI=1S/C28H33N5O2/c1-18(2)33(4)19(3)27(34)32-25(15-22-10-7-9-21-8-5-6-11-24(21)22)28(35)31-17-20-14-23-12-13-29-26(23)30-16-20/h5-14,16,18-19,25H,15,17H2,1-4H3,(H,29,30)(H,31,35)(H,32,34)/t19?,25-/m0/s1. The average molecular weight is 472 g/mol. The number of hydrogen-bond acceptors (Lipinski definition) is 4. The third-order valence-electron chi connectivity index (χ3n) is 6.67. The van der Waals surface area contributed by atoms with Gasteiger partial charge in [-0.25, -0.2) is 4.98 Å². The number of amides is 2. The summed E-state index contributed by atoms with van der Waals surface area (Å²) in [6.07, 6.45) is 3.98. The zero-order valence-electron chi connectivity index (χ0n) is 20.7. The van der Waals surface area contributed by atoms with E-state index in [1.807, 2.05) is 81.4 Å². The van der Waals surface area contributed by atoms with Crippen LogP contribution in [0.1, 0.15) is 31.9 Å². The summed E-state index contributed by atoms with van der Waals surface area (Å²) < 4.78 is 0. The molecule has 0 aliphatic carbocycles. The minimum absolute atomic E-state index is 0.169. The van der Waals surface area contributed by atoms with Gasteiger partial charge in [0.1, 0.15) is 11.7 Å². The van der Waals surface area contributed by atoms with E-state index in [1.165, 1.54) is 0 Å². The number of nitrogens with one attached hydrogen (secondary N) is 3. The number of aromatic amines is 1. The van der Waals surface area contributed by atoms with E-state index in [0.29, 0.717) is 13.0 Å². The number of fused-ring (bicyclic) bond motifs is 2. The molecule has 2 amide bonds. The molecule has 0 saturated carbocycles.